The zero-order valence-electron chi connectivity index (χ0n) is 11.2. The second kappa shape index (κ2) is 5.66. The Hall–Kier alpha value is -1.82. The summed E-state index contributed by atoms with van der Waals surface area (Å²) >= 11 is 1.66. The molecule has 2 aromatic heterocycles. The van der Waals surface area contributed by atoms with Gasteiger partial charge in [0.05, 0.1) is 22.3 Å². The summed E-state index contributed by atoms with van der Waals surface area (Å²) in [6.45, 7) is 2.01. The smallest absolute Gasteiger partial charge is 0.0897 e. The van der Waals surface area contributed by atoms with Gasteiger partial charge in [-0.15, -0.1) is 11.3 Å². The van der Waals surface area contributed by atoms with Crippen molar-refractivity contribution in [1.29, 1.82) is 0 Å². The molecule has 0 spiro atoms. The first-order valence-corrected chi connectivity index (χ1v) is 7.36. The molecule has 3 N–H and O–H groups in total. The van der Waals surface area contributed by atoms with Crippen LogP contribution >= 0.6 is 11.3 Å². The molecule has 0 saturated heterocycles. The van der Waals surface area contributed by atoms with Gasteiger partial charge in [0.2, 0.25) is 0 Å². The fraction of sp³-hybridized carbons (Fsp3) is 0.200. The van der Waals surface area contributed by atoms with E-state index in [1.165, 1.54) is 0 Å². The molecule has 0 aliphatic heterocycles. The predicted molar refractivity (Wildman–Crippen MR) is 82.4 cm³/mol. The van der Waals surface area contributed by atoms with Crippen LogP contribution in [0.3, 0.4) is 0 Å². The van der Waals surface area contributed by atoms with E-state index in [9.17, 15) is 0 Å². The molecule has 3 aromatic rings. The summed E-state index contributed by atoms with van der Waals surface area (Å²) < 4.78 is 0. The van der Waals surface area contributed by atoms with Gasteiger partial charge >= 0.3 is 0 Å². The maximum atomic E-state index is 5.76. The number of nitrogens with zero attached hydrogens (tertiary/aromatic N) is 2. The van der Waals surface area contributed by atoms with E-state index in [0.717, 1.165) is 33.6 Å². The SMILES string of the molecule is Cc1nc(CC(NN)c2cccc3ncccc23)cs1. The van der Waals surface area contributed by atoms with E-state index in [1.807, 2.05) is 25.1 Å². The third-order valence-corrected chi connectivity index (χ3v) is 4.16. The van der Waals surface area contributed by atoms with Gasteiger partial charge in [0, 0.05) is 23.4 Å². The maximum absolute atomic E-state index is 5.76. The fourth-order valence-electron chi connectivity index (χ4n) is 2.40. The number of fused-ring (bicyclic) bond motifs is 1. The van der Waals surface area contributed by atoms with Crippen molar-refractivity contribution in [2.75, 3.05) is 0 Å². The van der Waals surface area contributed by atoms with E-state index in [1.54, 1.807) is 17.5 Å². The molecule has 3 rings (SSSR count). The van der Waals surface area contributed by atoms with Gasteiger partial charge in [-0.2, -0.15) is 0 Å². The number of thiazole rings is 1. The molecular weight excluding hydrogens is 268 g/mol. The van der Waals surface area contributed by atoms with E-state index < -0.39 is 0 Å². The summed E-state index contributed by atoms with van der Waals surface area (Å²) in [7, 11) is 0. The highest BCUT2D eigenvalue weighted by atomic mass is 32.1. The van der Waals surface area contributed by atoms with Gasteiger partial charge in [0.15, 0.2) is 0 Å². The van der Waals surface area contributed by atoms with Gasteiger partial charge in [0.25, 0.3) is 0 Å². The molecule has 0 aliphatic carbocycles. The van der Waals surface area contributed by atoms with Crippen molar-refractivity contribution >= 4 is 22.2 Å². The Balaban J connectivity index is 1.98. The number of pyridine rings is 1. The first-order chi connectivity index (χ1) is 9.78. The summed E-state index contributed by atoms with van der Waals surface area (Å²) in [6.07, 6.45) is 2.58. The van der Waals surface area contributed by atoms with E-state index in [0.29, 0.717) is 0 Å². The molecule has 0 radical (unpaired) electrons. The van der Waals surface area contributed by atoms with Crippen LogP contribution in [-0.2, 0) is 6.42 Å². The van der Waals surface area contributed by atoms with Crippen molar-refractivity contribution < 1.29 is 0 Å². The van der Waals surface area contributed by atoms with Gasteiger partial charge in [-0.1, -0.05) is 18.2 Å². The van der Waals surface area contributed by atoms with Crippen molar-refractivity contribution in [2.24, 2.45) is 5.84 Å². The molecule has 20 heavy (non-hydrogen) atoms. The standard InChI is InChI=1S/C15H16N4S/c1-10-18-11(9-20-10)8-15(19-16)13-4-2-6-14-12(13)5-3-7-17-14/h2-7,9,15,19H,8,16H2,1H3. The number of hydrogen-bond donors (Lipinski definition) is 2. The Labute approximate surface area is 121 Å². The number of aryl methyl sites for hydroxylation is 1. The highest BCUT2D eigenvalue weighted by molar-refractivity contribution is 7.09. The first-order valence-electron chi connectivity index (χ1n) is 6.48. The third kappa shape index (κ3) is 2.56. The molecule has 1 atom stereocenters. The highest BCUT2D eigenvalue weighted by Crippen LogP contribution is 2.25. The lowest BCUT2D eigenvalue weighted by Crippen LogP contribution is -2.29. The second-order valence-corrected chi connectivity index (χ2v) is 5.76. The fourth-order valence-corrected chi connectivity index (χ4v) is 3.03. The van der Waals surface area contributed by atoms with E-state index in [-0.39, 0.29) is 6.04 Å². The number of nitrogens with two attached hydrogens (primary N) is 1. The van der Waals surface area contributed by atoms with Crippen LogP contribution in [0.5, 0.6) is 0 Å². The van der Waals surface area contributed by atoms with Crippen molar-refractivity contribution in [3.63, 3.8) is 0 Å². The lowest BCUT2D eigenvalue weighted by molar-refractivity contribution is 0.550. The Morgan fingerprint density at radius 1 is 1.30 bits per heavy atom. The molecule has 0 saturated carbocycles. The molecule has 0 aliphatic rings. The van der Waals surface area contributed by atoms with Crippen molar-refractivity contribution in [1.82, 2.24) is 15.4 Å². The summed E-state index contributed by atoms with van der Waals surface area (Å²) in [5.74, 6) is 5.76. The average molecular weight is 284 g/mol. The quantitative estimate of drug-likeness (QED) is 0.571. The van der Waals surface area contributed by atoms with E-state index in [2.05, 4.69) is 32.9 Å². The predicted octanol–water partition coefficient (Wildman–Crippen LogP) is 2.75. The van der Waals surface area contributed by atoms with E-state index in [4.69, 9.17) is 5.84 Å². The number of hydrazine groups is 1. The van der Waals surface area contributed by atoms with Crippen molar-refractivity contribution in [3.05, 3.63) is 58.2 Å². The van der Waals surface area contributed by atoms with Crippen LogP contribution < -0.4 is 11.3 Å². The monoisotopic (exact) mass is 284 g/mol. The van der Waals surface area contributed by atoms with Crippen molar-refractivity contribution in [3.8, 4) is 0 Å². The lowest BCUT2D eigenvalue weighted by Gasteiger charge is -2.17. The number of aromatic nitrogens is 2. The molecule has 2 heterocycles. The molecule has 5 heteroatoms. The topological polar surface area (TPSA) is 63.8 Å². The van der Waals surface area contributed by atoms with Crippen LogP contribution in [0.15, 0.2) is 41.9 Å². The van der Waals surface area contributed by atoms with Gasteiger partial charge in [0.1, 0.15) is 0 Å². The normalized spacial score (nSPS) is 12.7. The zero-order valence-corrected chi connectivity index (χ0v) is 12.0. The van der Waals surface area contributed by atoms with Crippen molar-refractivity contribution in [2.45, 2.75) is 19.4 Å². The number of nitrogens with one attached hydrogen (secondary N) is 1. The summed E-state index contributed by atoms with van der Waals surface area (Å²) in [5, 5.41) is 4.29. The number of benzene rings is 1. The number of hydrogen-bond acceptors (Lipinski definition) is 5. The summed E-state index contributed by atoms with van der Waals surface area (Å²) in [6, 6.07) is 10.2. The van der Waals surface area contributed by atoms with Gasteiger partial charge in [-0.25, -0.2) is 4.98 Å². The molecular formula is C15H16N4S. The van der Waals surface area contributed by atoms with E-state index >= 15 is 0 Å². The third-order valence-electron chi connectivity index (χ3n) is 3.34. The average Bonchev–Trinajstić information content (AvgIpc) is 2.89. The minimum Gasteiger partial charge on any atom is -0.271 e. The molecule has 0 bridgehead atoms. The van der Waals surface area contributed by atoms with Crippen LogP contribution in [0.4, 0.5) is 0 Å². The molecule has 4 nitrogen and oxygen atoms in total. The minimum atomic E-state index is 0.0319. The summed E-state index contributed by atoms with van der Waals surface area (Å²) in [4.78, 5) is 8.90. The lowest BCUT2D eigenvalue weighted by atomic mass is 9.98. The highest BCUT2D eigenvalue weighted by Gasteiger charge is 2.15. The van der Waals surface area contributed by atoms with Gasteiger partial charge in [-0.3, -0.25) is 16.3 Å². The number of rotatable bonds is 4. The molecule has 1 unspecified atom stereocenters. The second-order valence-electron chi connectivity index (χ2n) is 4.70. The molecule has 102 valence electrons. The van der Waals surface area contributed by atoms with Crippen LogP contribution in [-0.4, -0.2) is 9.97 Å². The zero-order chi connectivity index (χ0) is 13.9. The Bertz CT molecular complexity index is 717. The van der Waals surface area contributed by atoms with Gasteiger partial charge in [-0.05, 0) is 24.6 Å². The molecule has 0 amide bonds. The first kappa shape index (κ1) is 13.2. The van der Waals surface area contributed by atoms with Crippen LogP contribution in [0.1, 0.15) is 22.3 Å². The molecule has 0 fully saturated rings. The Morgan fingerprint density at radius 3 is 2.95 bits per heavy atom. The van der Waals surface area contributed by atoms with Crippen LogP contribution in [0.25, 0.3) is 10.9 Å². The summed E-state index contributed by atoms with van der Waals surface area (Å²) in [5.41, 5.74) is 6.11. The van der Waals surface area contributed by atoms with Crippen LogP contribution in [0.2, 0.25) is 0 Å². The largest absolute Gasteiger partial charge is 0.271 e. The van der Waals surface area contributed by atoms with Gasteiger partial charge < -0.3 is 0 Å². The minimum absolute atomic E-state index is 0.0319. The Kier molecular flexibility index (Phi) is 3.73. The van der Waals surface area contributed by atoms with Crippen LogP contribution in [0, 0.1) is 6.92 Å². The molecule has 1 aromatic carbocycles. The maximum Gasteiger partial charge on any atom is 0.0897 e. The Morgan fingerprint density at radius 2 is 2.20 bits per heavy atom.